The summed E-state index contributed by atoms with van der Waals surface area (Å²) >= 11 is 1.67. The molecule has 0 unspecified atom stereocenters. The van der Waals surface area contributed by atoms with Gasteiger partial charge in [0.1, 0.15) is 0 Å². The van der Waals surface area contributed by atoms with Crippen LogP contribution in [-0.4, -0.2) is 4.98 Å². The molecule has 2 aromatic rings. The molecule has 1 aromatic heterocycles. The van der Waals surface area contributed by atoms with Crippen molar-refractivity contribution in [2.75, 3.05) is 0 Å². The Morgan fingerprint density at radius 1 is 1.38 bits per heavy atom. The van der Waals surface area contributed by atoms with Crippen molar-refractivity contribution in [3.63, 3.8) is 0 Å². The van der Waals surface area contributed by atoms with E-state index in [4.69, 9.17) is 0 Å². The third-order valence-electron chi connectivity index (χ3n) is 1.60. The minimum absolute atomic E-state index is 0. The quantitative estimate of drug-likeness (QED) is 0.715. The molecule has 0 amide bonds. The Labute approximate surface area is 96.1 Å². The summed E-state index contributed by atoms with van der Waals surface area (Å²) in [7, 11) is 0. The molecule has 66 valence electrons. The predicted octanol–water partition coefficient (Wildman–Crippen LogP) is 2.92. The number of rotatable bonds is 1. The van der Waals surface area contributed by atoms with Crippen LogP contribution in [0.1, 0.15) is 5.01 Å². The standard InChI is InChI=1S/C10H8NS.W/c1-8-11-10(7-12-8)9-5-3-2-4-6-9;/h2-5,7H,1H3;/q-1;. The zero-order valence-corrected chi connectivity index (χ0v) is 10.9. The van der Waals surface area contributed by atoms with Crippen LogP contribution in [0.15, 0.2) is 29.6 Å². The summed E-state index contributed by atoms with van der Waals surface area (Å²) in [5, 5.41) is 3.16. The Bertz CT molecular complexity index is 369. The van der Waals surface area contributed by atoms with E-state index >= 15 is 0 Å². The van der Waals surface area contributed by atoms with Gasteiger partial charge in [-0.2, -0.15) is 0 Å². The zero-order chi connectivity index (χ0) is 8.39. The minimum Gasteiger partial charge on any atom is -0.290 e. The molecule has 0 saturated heterocycles. The molecular formula is C10H8NSW-. The Balaban J connectivity index is 0.000000845. The van der Waals surface area contributed by atoms with E-state index in [1.54, 1.807) is 11.3 Å². The fourth-order valence-electron chi connectivity index (χ4n) is 1.04. The fraction of sp³-hybridized carbons (Fsp3) is 0.100. The van der Waals surface area contributed by atoms with E-state index in [1.807, 2.05) is 31.2 Å². The second kappa shape index (κ2) is 4.68. The maximum Gasteiger partial charge on any atom is 0.0781 e. The maximum absolute atomic E-state index is 4.37. The normalized spacial score (nSPS) is 9.31. The first-order chi connectivity index (χ1) is 5.86. The van der Waals surface area contributed by atoms with Gasteiger partial charge >= 0.3 is 0 Å². The van der Waals surface area contributed by atoms with Crippen molar-refractivity contribution >= 4 is 11.3 Å². The Morgan fingerprint density at radius 3 is 2.77 bits per heavy atom. The molecule has 0 saturated carbocycles. The molecule has 0 bridgehead atoms. The molecular weight excluding hydrogens is 350 g/mol. The molecule has 0 aliphatic carbocycles. The molecule has 1 nitrogen and oxygen atoms in total. The Morgan fingerprint density at radius 2 is 2.23 bits per heavy atom. The van der Waals surface area contributed by atoms with Crippen LogP contribution in [0.2, 0.25) is 0 Å². The molecule has 0 aliphatic heterocycles. The Hall–Kier alpha value is -0.462. The van der Waals surface area contributed by atoms with Gasteiger partial charge in [-0.05, 0) is 18.0 Å². The molecule has 3 heteroatoms. The summed E-state index contributed by atoms with van der Waals surface area (Å²) in [5.41, 5.74) is 2.10. The number of hydrogen-bond donors (Lipinski definition) is 0. The van der Waals surface area contributed by atoms with E-state index in [0.717, 1.165) is 16.3 Å². The van der Waals surface area contributed by atoms with Crippen molar-refractivity contribution in [1.29, 1.82) is 0 Å². The van der Waals surface area contributed by atoms with Gasteiger partial charge in [0, 0.05) is 21.1 Å². The van der Waals surface area contributed by atoms with E-state index in [0.29, 0.717) is 0 Å². The maximum atomic E-state index is 4.37. The molecule has 0 atom stereocenters. The number of aromatic nitrogens is 1. The van der Waals surface area contributed by atoms with Gasteiger partial charge < -0.3 is 0 Å². The summed E-state index contributed by atoms with van der Waals surface area (Å²) in [6.07, 6.45) is 0. The summed E-state index contributed by atoms with van der Waals surface area (Å²) in [6, 6.07) is 11.0. The second-order valence-corrected chi connectivity index (χ2v) is 3.59. The second-order valence-electron chi connectivity index (χ2n) is 2.53. The SMILES string of the molecule is Cc1nc(-c2[c-]cccc2)cs1.[W]. The van der Waals surface area contributed by atoms with Gasteiger partial charge in [-0.25, -0.2) is 0 Å². The molecule has 0 N–H and O–H groups in total. The molecule has 13 heavy (non-hydrogen) atoms. The first-order valence-electron chi connectivity index (χ1n) is 3.75. The van der Waals surface area contributed by atoms with Crippen LogP contribution >= 0.6 is 11.3 Å². The van der Waals surface area contributed by atoms with E-state index in [1.165, 1.54) is 0 Å². The fourth-order valence-corrected chi connectivity index (χ4v) is 1.65. The van der Waals surface area contributed by atoms with Crippen LogP contribution in [0.5, 0.6) is 0 Å². The minimum atomic E-state index is 0. The number of thiazole rings is 1. The third-order valence-corrected chi connectivity index (χ3v) is 2.38. The van der Waals surface area contributed by atoms with Crippen LogP contribution in [-0.2, 0) is 21.1 Å². The van der Waals surface area contributed by atoms with Crippen LogP contribution in [0.4, 0.5) is 0 Å². The third kappa shape index (κ3) is 2.49. The van der Waals surface area contributed by atoms with Gasteiger partial charge in [-0.3, -0.25) is 4.98 Å². The van der Waals surface area contributed by atoms with Crippen molar-refractivity contribution in [2.24, 2.45) is 0 Å². The molecule has 1 heterocycles. The summed E-state index contributed by atoms with van der Waals surface area (Å²) in [6.45, 7) is 2.01. The molecule has 0 spiro atoms. The molecule has 2 rings (SSSR count). The van der Waals surface area contributed by atoms with Crippen molar-refractivity contribution in [1.82, 2.24) is 4.98 Å². The molecule has 0 fully saturated rings. The van der Waals surface area contributed by atoms with Gasteiger partial charge in [-0.15, -0.1) is 47.2 Å². The number of benzene rings is 1. The van der Waals surface area contributed by atoms with Crippen LogP contribution < -0.4 is 0 Å². The molecule has 0 aliphatic rings. The summed E-state index contributed by atoms with van der Waals surface area (Å²) in [4.78, 5) is 4.37. The first-order valence-corrected chi connectivity index (χ1v) is 4.63. The van der Waals surface area contributed by atoms with Gasteiger partial charge in [0.2, 0.25) is 0 Å². The van der Waals surface area contributed by atoms with Gasteiger partial charge in [-0.1, -0.05) is 0 Å². The van der Waals surface area contributed by atoms with Crippen molar-refractivity contribution in [3.05, 3.63) is 40.7 Å². The predicted molar refractivity (Wildman–Crippen MR) is 51.1 cm³/mol. The Kier molecular flexibility index (Phi) is 3.83. The van der Waals surface area contributed by atoms with Crippen LogP contribution in [0.3, 0.4) is 0 Å². The summed E-state index contributed by atoms with van der Waals surface area (Å²) in [5.74, 6) is 0. The average molecular weight is 358 g/mol. The van der Waals surface area contributed by atoms with Crippen molar-refractivity contribution in [3.8, 4) is 11.3 Å². The van der Waals surface area contributed by atoms with Gasteiger partial charge in [0.25, 0.3) is 0 Å². The van der Waals surface area contributed by atoms with Gasteiger partial charge in [0.15, 0.2) is 0 Å². The van der Waals surface area contributed by atoms with Crippen molar-refractivity contribution in [2.45, 2.75) is 6.92 Å². The van der Waals surface area contributed by atoms with E-state index < -0.39 is 0 Å². The number of hydrogen-bond acceptors (Lipinski definition) is 2. The average Bonchev–Trinajstić information content (AvgIpc) is 2.54. The number of aryl methyl sites for hydroxylation is 1. The molecule has 0 radical (unpaired) electrons. The van der Waals surface area contributed by atoms with Crippen LogP contribution in [0, 0.1) is 13.0 Å². The van der Waals surface area contributed by atoms with E-state index in [9.17, 15) is 0 Å². The van der Waals surface area contributed by atoms with E-state index in [2.05, 4.69) is 16.4 Å². The monoisotopic (exact) mass is 358 g/mol. The number of nitrogens with zero attached hydrogens (tertiary/aromatic N) is 1. The van der Waals surface area contributed by atoms with E-state index in [-0.39, 0.29) is 21.1 Å². The summed E-state index contributed by atoms with van der Waals surface area (Å²) < 4.78 is 0. The molecule has 1 aromatic carbocycles. The van der Waals surface area contributed by atoms with Crippen LogP contribution in [0.25, 0.3) is 11.3 Å². The largest absolute Gasteiger partial charge is 0.290 e. The smallest absolute Gasteiger partial charge is 0.0781 e. The van der Waals surface area contributed by atoms with Gasteiger partial charge in [0.05, 0.1) is 5.01 Å². The topological polar surface area (TPSA) is 12.9 Å². The first kappa shape index (κ1) is 10.6. The van der Waals surface area contributed by atoms with Crippen molar-refractivity contribution < 1.29 is 21.1 Å². The zero-order valence-electron chi connectivity index (χ0n) is 7.15.